The zero-order valence-corrected chi connectivity index (χ0v) is 11.1. The molecular formula is C13H19N3O3. The Balaban J connectivity index is 2.24. The van der Waals surface area contributed by atoms with Crippen molar-refractivity contribution >= 4 is 11.5 Å². The highest BCUT2D eigenvalue weighted by Gasteiger charge is 2.24. The summed E-state index contributed by atoms with van der Waals surface area (Å²) in [7, 11) is 0. The number of hydrogen-bond donors (Lipinski definition) is 1. The average molecular weight is 265 g/mol. The highest BCUT2D eigenvalue weighted by molar-refractivity contribution is 5.47. The van der Waals surface area contributed by atoms with Crippen LogP contribution in [0.5, 0.6) is 0 Å². The van der Waals surface area contributed by atoms with Gasteiger partial charge in [0.05, 0.1) is 4.92 Å². The SMILES string of the molecule is Cc1nc(N2CCCCC2CCO)ccc1[N+](=O)[O-]. The average Bonchev–Trinajstić information content (AvgIpc) is 2.39. The van der Waals surface area contributed by atoms with Gasteiger partial charge < -0.3 is 10.0 Å². The van der Waals surface area contributed by atoms with Crippen LogP contribution in [0.15, 0.2) is 12.1 Å². The van der Waals surface area contributed by atoms with Gasteiger partial charge in [0.2, 0.25) is 0 Å². The van der Waals surface area contributed by atoms with E-state index in [9.17, 15) is 10.1 Å². The zero-order valence-electron chi connectivity index (χ0n) is 11.1. The van der Waals surface area contributed by atoms with Crippen molar-refractivity contribution < 1.29 is 10.0 Å². The molecule has 0 saturated carbocycles. The van der Waals surface area contributed by atoms with Crippen molar-refractivity contribution in [2.75, 3.05) is 18.1 Å². The van der Waals surface area contributed by atoms with E-state index in [1.807, 2.05) is 0 Å². The Morgan fingerprint density at radius 2 is 2.32 bits per heavy atom. The second kappa shape index (κ2) is 5.97. The molecule has 0 bridgehead atoms. The third-order valence-electron chi connectivity index (χ3n) is 3.62. The molecule has 0 radical (unpaired) electrons. The summed E-state index contributed by atoms with van der Waals surface area (Å²) < 4.78 is 0. The van der Waals surface area contributed by atoms with E-state index < -0.39 is 4.92 Å². The van der Waals surface area contributed by atoms with Crippen molar-refractivity contribution in [3.05, 3.63) is 27.9 Å². The van der Waals surface area contributed by atoms with Crippen LogP contribution in [-0.4, -0.2) is 34.2 Å². The minimum absolute atomic E-state index is 0.0551. The Labute approximate surface area is 112 Å². The number of anilines is 1. The summed E-state index contributed by atoms with van der Waals surface area (Å²) in [6, 6.07) is 3.51. The summed E-state index contributed by atoms with van der Waals surface area (Å²) >= 11 is 0. The third kappa shape index (κ3) is 3.01. The van der Waals surface area contributed by atoms with Crippen LogP contribution in [0.4, 0.5) is 11.5 Å². The number of piperidine rings is 1. The quantitative estimate of drug-likeness (QED) is 0.665. The van der Waals surface area contributed by atoms with E-state index in [2.05, 4.69) is 9.88 Å². The number of hydrogen-bond acceptors (Lipinski definition) is 5. The molecule has 0 spiro atoms. The lowest BCUT2D eigenvalue weighted by atomic mass is 9.99. The number of aliphatic hydroxyl groups is 1. The van der Waals surface area contributed by atoms with Crippen molar-refractivity contribution in [2.45, 2.75) is 38.6 Å². The van der Waals surface area contributed by atoms with Crippen molar-refractivity contribution in [3.8, 4) is 0 Å². The van der Waals surface area contributed by atoms with Crippen LogP contribution in [0.1, 0.15) is 31.4 Å². The molecule has 2 rings (SSSR count). The molecule has 19 heavy (non-hydrogen) atoms. The standard InChI is InChI=1S/C13H19N3O3/c1-10-12(16(18)19)5-6-13(14-10)15-8-3-2-4-11(15)7-9-17/h5-6,11,17H,2-4,7-9H2,1H3. The van der Waals surface area contributed by atoms with Gasteiger partial charge in [-0.3, -0.25) is 10.1 Å². The summed E-state index contributed by atoms with van der Waals surface area (Å²) in [5.74, 6) is 0.779. The normalized spacial score (nSPS) is 19.5. The minimum atomic E-state index is -0.409. The van der Waals surface area contributed by atoms with E-state index in [-0.39, 0.29) is 18.3 Å². The van der Waals surface area contributed by atoms with Gasteiger partial charge in [-0.05, 0) is 38.7 Å². The molecule has 1 N–H and O–H groups in total. The third-order valence-corrected chi connectivity index (χ3v) is 3.62. The smallest absolute Gasteiger partial charge is 0.290 e. The second-order valence-corrected chi connectivity index (χ2v) is 4.89. The molecule has 1 saturated heterocycles. The fourth-order valence-corrected chi connectivity index (χ4v) is 2.64. The largest absolute Gasteiger partial charge is 0.396 e. The van der Waals surface area contributed by atoms with Crippen molar-refractivity contribution in [1.29, 1.82) is 0 Å². The van der Waals surface area contributed by atoms with E-state index in [4.69, 9.17) is 5.11 Å². The van der Waals surface area contributed by atoms with E-state index >= 15 is 0 Å². The Hall–Kier alpha value is -1.69. The molecule has 1 atom stereocenters. The van der Waals surface area contributed by atoms with Crippen LogP contribution in [0, 0.1) is 17.0 Å². The van der Waals surface area contributed by atoms with E-state index in [0.29, 0.717) is 5.69 Å². The summed E-state index contributed by atoms with van der Waals surface area (Å²) in [4.78, 5) is 16.9. The number of pyridine rings is 1. The first-order valence-corrected chi connectivity index (χ1v) is 6.63. The first-order valence-electron chi connectivity index (χ1n) is 6.63. The van der Waals surface area contributed by atoms with Crippen molar-refractivity contribution in [3.63, 3.8) is 0 Å². The summed E-state index contributed by atoms with van der Waals surface area (Å²) in [5.41, 5.74) is 0.496. The van der Waals surface area contributed by atoms with Crippen LogP contribution >= 0.6 is 0 Å². The second-order valence-electron chi connectivity index (χ2n) is 4.89. The molecule has 6 heteroatoms. The molecule has 0 aliphatic carbocycles. The van der Waals surface area contributed by atoms with Crippen molar-refractivity contribution in [2.24, 2.45) is 0 Å². The summed E-state index contributed by atoms with van der Waals surface area (Å²) in [5, 5.41) is 19.9. The van der Waals surface area contributed by atoms with Gasteiger partial charge in [-0.1, -0.05) is 0 Å². The summed E-state index contributed by atoms with van der Waals surface area (Å²) in [6.07, 6.45) is 4.02. The number of nitro groups is 1. The van der Waals surface area contributed by atoms with Gasteiger partial charge in [0.1, 0.15) is 11.5 Å². The molecule has 1 aromatic rings. The Morgan fingerprint density at radius 3 is 2.95 bits per heavy atom. The number of nitrogens with zero attached hydrogens (tertiary/aromatic N) is 3. The molecule has 0 aromatic carbocycles. The van der Waals surface area contributed by atoms with Crippen LogP contribution in [0.3, 0.4) is 0 Å². The van der Waals surface area contributed by atoms with Crippen LogP contribution < -0.4 is 4.90 Å². The van der Waals surface area contributed by atoms with Crippen LogP contribution in [0.2, 0.25) is 0 Å². The molecule has 104 valence electrons. The molecule has 1 aromatic heterocycles. The predicted molar refractivity (Wildman–Crippen MR) is 72.3 cm³/mol. The van der Waals surface area contributed by atoms with E-state index in [0.717, 1.165) is 38.0 Å². The van der Waals surface area contributed by atoms with E-state index in [1.54, 1.807) is 13.0 Å². The van der Waals surface area contributed by atoms with Gasteiger partial charge in [-0.15, -0.1) is 0 Å². The molecule has 6 nitrogen and oxygen atoms in total. The Bertz CT molecular complexity index is 462. The maximum atomic E-state index is 10.8. The number of rotatable bonds is 4. The molecule has 1 aliphatic heterocycles. The van der Waals surface area contributed by atoms with Gasteiger partial charge in [-0.2, -0.15) is 0 Å². The summed E-state index contributed by atoms with van der Waals surface area (Å²) in [6.45, 7) is 2.72. The lowest BCUT2D eigenvalue weighted by Crippen LogP contribution is -2.40. The van der Waals surface area contributed by atoms with Gasteiger partial charge in [0, 0.05) is 25.3 Å². The predicted octanol–water partition coefficient (Wildman–Crippen LogP) is 2.04. The Morgan fingerprint density at radius 1 is 1.53 bits per heavy atom. The first kappa shape index (κ1) is 13.7. The van der Waals surface area contributed by atoms with Crippen LogP contribution in [-0.2, 0) is 0 Å². The van der Waals surface area contributed by atoms with Crippen LogP contribution in [0.25, 0.3) is 0 Å². The zero-order chi connectivity index (χ0) is 13.8. The molecule has 1 aliphatic rings. The maximum Gasteiger partial charge on any atom is 0.290 e. The van der Waals surface area contributed by atoms with Gasteiger partial charge in [0.15, 0.2) is 0 Å². The molecule has 1 unspecified atom stereocenters. The fraction of sp³-hybridized carbons (Fsp3) is 0.615. The first-order chi connectivity index (χ1) is 9.13. The highest BCUT2D eigenvalue weighted by atomic mass is 16.6. The van der Waals surface area contributed by atoms with Gasteiger partial charge in [-0.25, -0.2) is 4.98 Å². The molecule has 0 amide bonds. The highest BCUT2D eigenvalue weighted by Crippen LogP contribution is 2.27. The molecular weight excluding hydrogens is 246 g/mol. The van der Waals surface area contributed by atoms with Gasteiger partial charge >= 0.3 is 0 Å². The topological polar surface area (TPSA) is 79.5 Å². The minimum Gasteiger partial charge on any atom is -0.396 e. The van der Waals surface area contributed by atoms with Crippen molar-refractivity contribution in [1.82, 2.24) is 4.98 Å². The fourth-order valence-electron chi connectivity index (χ4n) is 2.64. The lowest BCUT2D eigenvalue weighted by Gasteiger charge is -2.36. The number of aromatic nitrogens is 1. The van der Waals surface area contributed by atoms with E-state index in [1.165, 1.54) is 6.07 Å². The van der Waals surface area contributed by atoms with Gasteiger partial charge in [0.25, 0.3) is 5.69 Å². The number of aryl methyl sites for hydroxylation is 1. The lowest BCUT2D eigenvalue weighted by molar-refractivity contribution is -0.385. The monoisotopic (exact) mass is 265 g/mol. The molecule has 1 fully saturated rings. The maximum absolute atomic E-state index is 10.8. The molecule has 2 heterocycles. The Kier molecular flexibility index (Phi) is 4.31. The number of aliphatic hydroxyl groups excluding tert-OH is 1.